The van der Waals surface area contributed by atoms with Gasteiger partial charge in [-0.1, -0.05) is 19.4 Å². The van der Waals surface area contributed by atoms with Gasteiger partial charge in [-0.05, 0) is 29.0 Å². The molecule has 0 N–H and O–H groups in total. The van der Waals surface area contributed by atoms with E-state index in [9.17, 15) is 22.0 Å². The molecular weight excluding hydrogens is 323 g/mol. The predicted molar refractivity (Wildman–Crippen MR) is 69.5 cm³/mol. The molecule has 0 aliphatic heterocycles. The Morgan fingerprint density at radius 1 is 1.17 bits per heavy atom. The lowest BCUT2D eigenvalue weighted by molar-refractivity contribution is -0.293. The van der Waals surface area contributed by atoms with Crippen LogP contribution in [0.25, 0.3) is 5.69 Å². The van der Waals surface area contributed by atoms with E-state index in [0.29, 0.717) is 17.0 Å². The number of hydrogen-bond acceptors (Lipinski definition) is 4. The summed E-state index contributed by atoms with van der Waals surface area (Å²) >= 11 is 0. The van der Waals surface area contributed by atoms with Gasteiger partial charge in [-0.3, -0.25) is 0 Å². The summed E-state index contributed by atoms with van der Waals surface area (Å²) in [5.74, 6) is -6.45. The van der Waals surface area contributed by atoms with E-state index in [0.717, 1.165) is 12.8 Å². The first-order valence-electron chi connectivity index (χ1n) is 6.74. The highest BCUT2D eigenvalue weighted by molar-refractivity contribution is 5.39. The van der Waals surface area contributed by atoms with Crippen molar-refractivity contribution in [3.05, 3.63) is 30.1 Å². The van der Waals surface area contributed by atoms with Crippen LogP contribution >= 0.6 is 0 Å². The standard InChI is InChI=1S/C13H13F5N4O/c1-2-3-7-23-10-6-4-5-9(8-10)22-11(19-20-21-22)12(14,15)13(16,17)18/h4-6,8H,2-3,7H2,1H3. The maximum Gasteiger partial charge on any atom is 0.461 e. The highest BCUT2D eigenvalue weighted by Gasteiger charge is 2.62. The molecule has 0 spiro atoms. The minimum absolute atomic E-state index is 0.0528. The monoisotopic (exact) mass is 336 g/mol. The number of benzene rings is 1. The van der Waals surface area contributed by atoms with Crippen molar-refractivity contribution >= 4 is 0 Å². The van der Waals surface area contributed by atoms with Crippen LogP contribution < -0.4 is 4.74 Å². The summed E-state index contributed by atoms with van der Waals surface area (Å²) in [6, 6.07) is 5.61. The van der Waals surface area contributed by atoms with Crippen LogP contribution in [0.1, 0.15) is 25.6 Å². The fourth-order valence-corrected chi connectivity index (χ4v) is 1.72. The number of unbranched alkanes of at least 4 members (excludes halogenated alkanes) is 1. The molecule has 2 aromatic rings. The lowest BCUT2D eigenvalue weighted by atomic mass is 10.2. The van der Waals surface area contributed by atoms with E-state index in [-0.39, 0.29) is 5.69 Å². The van der Waals surface area contributed by atoms with Crippen molar-refractivity contribution in [1.29, 1.82) is 0 Å². The largest absolute Gasteiger partial charge is 0.494 e. The summed E-state index contributed by atoms with van der Waals surface area (Å²) in [4.78, 5) is 0. The molecule has 0 fully saturated rings. The Bertz CT molecular complexity index is 656. The molecular formula is C13H13F5N4O. The molecule has 0 atom stereocenters. The fraction of sp³-hybridized carbons (Fsp3) is 0.462. The molecule has 1 aromatic carbocycles. The van der Waals surface area contributed by atoms with Crippen LogP contribution in [0.15, 0.2) is 24.3 Å². The van der Waals surface area contributed by atoms with Crippen LogP contribution in [0.5, 0.6) is 5.75 Å². The summed E-state index contributed by atoms with van der Waals surface area (Å²) in [7, 11) is 0. The molecule has 5 nitrogen and oxygen atoms in total. The molecule has 0 saturated carbocycles. The maximum absolute atomic E-state index is 13.5. The molecule has 0 aliphatic carbocycles. The second-order valence-electron chi connectivity index (χ2n) is 4.69. The van der Waals surface area contributed by atoms with Gasteiger partial charge in [0, 0.05) is 6.07 Å². The van der Waals surface area contributed by atoms with E-state index >= 15 is 0 Å². The molecule has 1 aromatic heterocycles. The van der Waals surface area contributed by atoms with Gasteiger partial charge in [0.1, 0.15) is 5.75 Å². The van der Waals surface area contributed by atoms with Crippen molar-refractivity contribution < 1.29 is 26.7 Å². The second kappa shape index (κ2) is 6.47. The van der Waals surface area contributed by atoms with Gasteiger partial charge in [0.2, 0.25) is 5.82 Å². The van der Waals surface area contributed by atoms with Crippen LogP contribution in [-0.4, -0.2) is 33.0 Å². The minimum atomic E-state index is -5.80. The van der Waals surface area contributed by atoms with Crippen molar-refractivity contribution in [2.75, 3.05) is 6.61 Å². The van der Waals surface area contributed by atoms with E-state index < -0.39 is 17.9 Å². The van der Waals surface area contributed by atoms with Gasteiger partial charge in [-0.2, -0.15) is 26.6 Å². The molecule has 2 rings (SSSR count). The quantitative estimate of drug-likeness (QED) is 0.598. The summed E-state index contributed by atoms with van der Waals surface area (Å²) in [6.07, 6.45) is -4.12. The number of aromatic nitrogens is 4. The number of nitrogens with zero attached hydrogens (tertiary/aromatic N) is 4. The zero-order valence-corrected chi connectivity index (χ0v) is 12.0. The molecule has 126 valence electrons. The van der Waals surface area contributed by atoms with Crippen LogP contribution in [0.4, 0.5) is 22.0 Å². The Morgan fingerprint density at radius 3 is 2.57 bits per heavy atom. The van der Waals surface area contributed by atoms with Gasteiger partial charge >= 0.3 is 12.1 Å². The molecule has 10 heteroatoms. The average molecular weight is 336 g/mol. The van der Waals surface area contributed by atoms with Crippen molar-refractivity contribution in [2.24, 2.45) is 0 Å². The third kappa shape index (κ3) is 3.57. The molecule has 0 amide bonds. The van der Waals surface area contributed by atoms with Gasteiger partial charge < -0.3 is 4.74 Å². The van der Waals surface area contributed by atoms with Crippen molar-refractivity contribution in [1.82, 2.24) is 20.2 Å². The van der Waals surface area contributed by atoms with Crippen molar-refractivity contribution in [3.8, 4) is 11.4 Å². The minimum Gasteiger partial charge on any atom is -0.494 e. The topological polar surface area (TPSA) is 52.8 Å². The van der Waals surface area contributed by atoms with Crippen LogP contribution in [0, 0.1) is 0 Å². The highest BCUT2D eigenvalue weighted by Crippen LogP contribution is 2.43. The first-order valence-corrected chi connectivity index (χ1v) is 6.74. The SMILES string of the molecule is CCCCOc1cccc(-n2nnnc2C(F)(F)C(F)(F)F)c1. The number of rotatable bonds is 6. The third-order valence-corrected chi connectivity index (χ3v) is 2.94. The Balaban J connectivity index is 2.34. The van der Waals surface area contributed by atoms with Crippen LogP contribution in [0.3, 0.4) is 0 Å². The fourth-order valence-electron chi connectivity index (χ4n) is 1.72. The number of halogens is 5. The van der Waals surface area contributed by atoms with E-state index in [1.54, 1.807) is 6.07 Å². The highest BCUT2D eigenvalue weighted by atomic mass is 19.4. The van der Waals surface area contributed by atoms with Gasteiger partial charge in [0.25, 0.3) is 0 Å². The molecule has 23 heavy (non-hydrogen) atoms. The van der Waals surface area contributed by atoms with E-state index in [1.807, 2.05) is 6.92 Å². The van der Waals surface area contributed by atoms with E-state index in [4.69, 9.17) is 4.74 Å². The lowest BCUT2D eigenvalue weighted by Gasteiger charge is -2.18. The van der Waals surface area contributed by atoms with Gasteiger partial charge in [-0.25, -0.2) is 0 Å². The van der Waals surface area contributed by atoms with Crippen molar-refractivity contribution in [2.45, 2.75) is 31.9 Å². The lowest BCUT2D eigenvalue weighted by Crippen LogP contribution is -2.36. The van der Waals surface area contributed by atoms with E-state index in [1.165, 1.54) is 18.2 Å². The number of ether oxygens (including phenoxy) is 1. The second-order valence-corrected chi connectivity index (χ2v) is 4.69. The Morgan fingerprint density at radius 2 is 1.91 bits per heavy atom. The first kappa shape index (κ1) is 17.1. The summed E-state index contributed by atoms with van der Waals surface area (Å²) < 4.78 is 70.2. The molecule has 0 aliphatic rings. The van der Waals surface area contributed by atoms with Crippen LogP contribution in [0.2, 0.25) is 0 Å². The van der Waals surface area contributed by atoms with Crippen LogP contribution in [-0.2, 0) is 5.92 Å². The molecule has 0 bridgehead atoms. The number of hydrogen-bond donors (Lipinski definition) is 0. The molecule has 0 radical (unpaired) electrons. The summed E-state index contributed by atoms with van der Waals surface area (Å²) in [5.41, 5.74) is -0.0528. The normalized spacial score (nSPS) is 12.4. The Hall–Kier alpha value is -2.26. The van der Waals surface area contributed by atoms with Crippen molar-refractivity contribution in [3.63, 3.8) is 0 Å². The number of alkyl halides is 5. The summed E-state index contributed by atoms with van der Waals surface area (Å²) in [5, 5.41) is 8.98. The number of tetrazole rings is 1. The predicted octanol–water partition coefficient (Wildman–Crippen LogP) is 3.50. The Kier molecular flexibility index (Phi) is 4.81. The average Bonchev–Trinajstić information content (AvgIpc) is 2.97. The van der Waals surface area contributed by atoms with Gasteiger partial charge in [0.15, 0.2) is 0 Å². The molecule has 0 unspecified atom stereocenters. The zero-order chi connectivity index (χ0) is 17.1. The summed E-state index contributed by atoms with van der Waals surface area (Å²) in [6.45, 7) is 2.37. The smallest absolute Gasteiger partial charge is 0.461 e. The molecule has 1 heterocycles. The Labute approximate surface area is 128 Å². The maximum atomic E-state index is 13.5. The zero-order valence-electron chi connectivity index (χ0n) is 12.0. The van der Waals surface area contributed by atoms with Gasteiger partial charge in [0.05, 0.1) is 12.3 Å². The van der Waals surface area contributed by atoms with Gasteiger partial charge in [-0.15, -0.1) is 5.10 Å². The third-order valence-electron chi connectivity index (χ3n) is 2.94. The molecule has 0 saturated heterocycles. The van der Waals surface area contributed by atoms with E-state index in [2.05, 4.69) is 15.5 Å². The first-order chi connectivity index (χ1) is 10.8.